The van der Waals surface area contributed by atoms with Gasteiger partial charge in [-0.2, -0.15) is 0 Å². The smallest absolute Gasteiger partial charge is 0.339 e. The van der Waals surface area contributed by atoms with Crippen LogP contribution in [-0.4, -0.2) is 25.3 Å². The number of methoxy groups -OCH3 is 2. The van der Waals surface area contributed by atoms with Gasteiger partial charge in [-0.3, -0.25) is 0 Å². The van der Waals surface area contributed by atoms with Gasteiger partial charge in [0.25, 0.3) is 0 Å². The third kappa shape index (κ3) is 3.04. The number of halogens is 1. The Morgan fingerprint density at radius 2 is 2.19 bits per heavy atom. The Hall–Kier alpha value is -0.910. The van der Waals surface area contributed by atoms with Crippen molar-refractivity contribution in [1.82, 2.24) is 0 Å². The molecule has 1 rings (SSSR count). The quantitative estimate of drug-likeness (QED) is 0.859. The Morgan fingerprint density at radius 3 is 2.75 bits per heavy atom. The molecule has 0 heterocycles. The summed E-state index contributed by atoms with van der Waals surface area (Å²) in [6, 6.07) is 5.21. The van der Waals surface area contributed by atoms with E-state index in [2.05, 4.69) is 20.7 Å². The first-order chi connectivity index (χ1) is 7.60. The second kappa shape index (κ2) is 5.98. The Balaban J connectivity index is 3.06. The third-order valence-electron chi connectivity index (χ3n) is 2.12. The highest BCUT2D eigenvalue weighted by atomic mass is 79.9. The zero-order chi connectivity index (χ0) is 12.1. The molecule has 0 radical (unpaired) electrons. The van der Waals surface area contributed by atoms with Gasteiger partial charge in [0.15, 0.2) is 6.10 Å². The van der Waals surface area contributed by atoms with Gasteiger partial charge in [0, 0.05) is 11.6 Å². The Morgan fingerprint density at radius 1 is 1.50 bits per heavy atom. The average molecular weight is 289 g/mol. The minimum atomic E-state index is -1.27. The molecule has 0 aliphatic carbocycles. The fraction of sp³-hybridized carbons (Fsp3) is 0.364. The summed E-state index contributed by atoms with van der Waals surface area (Å²) in [7, 11) is 2.79. The summed E-state index contributed by atoms with van der Waals surface area (Å²) in [5.41, 5.74) is 1.24. The van der Waals surface area contributed by atoms with Gasteiger partial charge < -0.3 is 14.6 Å². The van der Waals surface area contributed by atoms with Crippen molar-refractivity contribution in [2.45, 2.75) is 12.7 Å². The van der Waals surface area contributed by atoms with Crippen molar-refractivity contribution in [3.8, 4) is 0 Å². The minimum Gasteiger partial charge on any atom is -0.467 e. The average Bonchev–Trinajstić information content (AvgIpc) is 2.28. The highest BCUT2D eigenvalue weighted by Crippen LogP contribution is 2.23. The second-order valence-electron chi connectivity index (χ2n) is 3.20. The number of carbonyl (C=O) groups is 1. The van der Waals surface area contributed by atoms with Crippen LogP contribution in [0, 0.1) is 0 Å². The SMILES string of the molecule is COCc1cc(Br)ccc1C(O)C(=O)OC. The van der Waals surface area contributed by atoms with Crippen LogP contribution in [0.3, 0.4) is 0 Å². The van der Waals surface area contributed by atoms with Crippen LogP contribution < -0.4 is 0 Å². The van der Waals surface area contributed by atoms with Crippen molar-refractivity contribution >= 4 is 21.9 Å². The molecule has 0 spiro atoms. The molecule has 0 bridgehead atoms. The van der Waals surface area contributed by atoms with Gasteiger partial charge in [-0.25, -0.2) is 4.79 Å². The van der Waals surface area contributed by atoms with E-state index in [1.54, 1.807) is 25.3 Å². The molecule has 0 saturated carbocycles. The molecule has 16 heavy (non-hydrogen) atoms. The van der Waals surface area contributed by atoms with Gasteiger partial charge in [-0.15, -0.1) is 0 Å². The number of esters is 1. The number of ether oxygens (including phenoxy) is 2. The topological polar surface area (TPSA) is 55.8 Å². The molecule has 1 unspecified atom stereocenters. The Labute approximate surface area is 102 Å². The van der Waals surface area contributed by atoms with Crippen LogP contribution >= 0.6 is 15.9 Å². The van der Waals surface area contributed by atoms with Crippen molar-refractivity contribution < 1.29 is 19.4 Å². The molecule has 1 aromatic rings. The second-order valence-corrected chi connectivity index (χ2v) is 4.12. The molecule has 5 heteroatoms. The number of rotatable bonds is 4. The lowest BCUT2D eigenvalue weighted by Gasteiger charge is -2.13. The number of hydrogen-bond acceptors (Lipinski definition) is 4. The monoisotopic (exact) mass is 288 g/mol. The summed E-state index contributed by atoms with van der Waals surface area (Å²) in [5, 5.41) is 9.74. The lowest BCUT2D eigenvalue weighted by Crippen LogP contribution is -2.15. The van der Waals surface area contributed by atoms with Crippen molar-refractivity contribution in [2.24, 2.45) is 0 Å². The molecule has 4 nitrogen and oxygen atoms in total. The fourth-order valence-corrected chi connectivity index (χ4v) is 1.77. The maximum absolute atomic E-state index is 11.2. The van der Waals surface area contributed by atoms with Crippen LogP contribution in [0.1, 0.15) is 17.2 Å². The van der Waals surface area contributed by atoms with E-state index in [1.165, 1.54) is 7.11 Å². The van der Waals surface area contributed by atoms with Crippen LogP contribution in [0.25, 0.3) is 0 Å². The Kier molecular flexibility index (Phi) is 4.92. The Bertz CT molecular complexity index is 378. The molecule has 0 amide bonds. The van der Waals surface area contributed by atoms with Crippen LogP contribution in [0.5, 0.6) is 0 Å². The normalized spacial score (nSPS) is 12.2. The number of aliphatic hydroxyl groups is 1. The van der Waals surface area contributed by atoms with Gasteiger partial charge >= 0.3 is 5.97 Å². The van der Waals surface area contributed by atoms with E-state index in [-0.39, 0.29) is 0 Å². The standard InChI is InChI=1S/C11H13BrO4/c1-15-6-7-5-8(12)3-4-9(7)10(13)11(14)16-2/h3-5,10,13H,6H2,1-2H3. The van der Waals surface area contributed by atoms with E-state index >= 15 is 0 Å². The van der Waals surface area contributed by atoms with Crippen molar-refractivity contribution in [3.63, 3.8) is 0 Å². The summed E-state index contributed by atoms with van der Waals surface area (Å²) < 4.78 is 10.4. The molecule has 88 valence electrons. The van der Waals surface area contributed by atoms with E-state index < -0.39 is 12.1 Å². The number of carbonyl (C=O) groups excluding carboxylic acids is 1. The summed E-state index contributed by atoms with van der Waals surface area (Å²) in [6.45, 7) is 0.322. The maximum Gasteiger partial charge on any atom is 0.339 e. The van der Waals surface area contributed by atoms with Crippen LogP contribution in [0.2, 0.25) is 0 Å². The summed E-state index contributed by atoms with van der Waals surface area (Å²) in [5.74, 6) is -0.681. The molecular formula is C11H13BrO4. The van der Waals surface area contributed by atoms with Crippen molar-refractivity contribution in [1.29, 1.82) is 0 Å². The largest absolute Gasteiger partial charge is 0.467 e. The zero-order valence-electron chi connectivity index (χ0n) is 9.07. The van der Waals surface area contributed by atoms with E-state index in [4.69, 9.17) is 4.74 Å². The highest BCUT2D eigenvalue weighted by molar-refractivity contribution is 9.10. The van der Waals surface area contributed by atoms with Crippen LogP contribution in [0.4, 0.5) is 0 Å². The van der Waals surface area contributed by atoms with E-state index in [9.17, 15) is 9.90 Å². The molecule has 1 atom stereocenters. The molecule has 0 aliphatic heterocycles. The van der Waals surface area contributed by atoms with Crippen LogP contribution in [-0.2, 0) is 20.9 Å². The summed E-state index contributed by atoms with van der Waals surface area (Å²) >= 11 is 3.32. The summed E-state index contributed by atoms with van der Waals surface area (Å²) in [6.07, 6.45) is -1.27. The van der Waals surface area contributed by atoms with Gasteiger partial charge in [-0.05, 0) is 23.3 Å². The predicted octanol–water partition coefficient (Wildman–Crippen LogP) is 1.80. The number of aliphatic hydroxyl groups excluding tert-OH is 1. The molecule has 0 saturated heterocycles. The molecule has 1 N–H and O–H groups in total. The lowest BCUT2D eigenvalue weighted by molar-refractivity contribution is -0.150. The minimum absolute atomic E-state index is 0.322. The lowest BCUT2D eigenvalue weighted by atomic mass is 10.0. The predicted molar refractivity (Wildman–Crippen MR) is 61.8 cm³/mol. The van der Waals surface area contributed by atoms with E-state index in [1.807, 2.05) is 0 Å². The van der Waals surface area contributed by atoms with Gasteiger partial charge in [0.2, 0.25) is 0 Å². The molecule has 1 aromatic carbocycles. The maximum atomic E-state index is 11.2. The first kappa shape index (κ1) is 13.2. The first-order valence-electron chi connectivity index (χ1n) is 4.63. The zero-order valence-corrected chi connectivity index (χ0v) is 10.7. The van der Waals surface area contributed by atoms with E-state index in [0.717, 1.165) is 10.0 Å². The van der Waals surface area contributed by atoms with Crippen LogP contribution in [0.15, 0.2) is 22.7 Å². The highest BCUT2D eigenvalue weighted by Gasteiger charge is 2.20. The van der Waals surface area contributed by atoms with Gasteiger partial charge in [0.1, 0.15) is 0 Å². The molecule has 0 aliphatic rings. The molecule has 0 aromatic heterocycles. The molecular weight excluding hydrogens is 276 g/mol. The van der Waals surface area contributed by atoms with Crippen molar-refractivity contribution in [3.05, 3.63) is 33.8 Å². The fourth-order valence-electron chi connectivity index (χ4n) is 1.36. The van der Waals surface area contributed by atoms with Gasteiger partial charge in [0.05, 0.1) is 13.7 Å². The summed E-state index contributed by atoms with van der Waals surface area (Å²) in [4.78, 5) is 11.2. The van der Waals surface area contributed by atoms with Crippen molar-refractivity contribution in [2.75, 3.05) is 14.2 Å². The first-order valence-corrected chi connectivity index (χ1v) is 5.42. The number of benzene rings is 1. The molecule has 0 fully saturated rings. The van der Waals surface area contributed by atoms with Gasteiger partial charge in [-0.1, -0.05) is 22.0 Å². The number of hydrogen-bond donors (Lipinski definition) is 1. The third-order valence-corrected chi connectivity index (χ3v) is 2.62. The van der Waals surface area contributed by atoms with E-state index in [0.29, 0.717) is 12.2 Å².